The van der Waals surface area contributed by atoms with Crippen LogP contribution >= 0.6 is 22.9 Å². The number of carbonyl (C=O) groups is 1. The number of rotatable bonds is 3. The van der Waals surface area contributed by atoms with Crippen LogP contribution in [0.3, 0.4) is 0 Å². The number of halogens is 1. The fourth-order valence-corrected chi connectivity index (χ4v) is 2.10. The molecule has 0 spiro atoms. The van der Waals surface area contributed by atoms with Crippen LogP contribution in [0, 0.1) is 17.0 Å². The van der Waals surface area contributed by atoms with E-state index < -0.39 is 10.8 Å². The number of nitro benzene ring substituents is 1. The van der Waals surface area contributed by atoms with E-state index in [0.29, 0.717) is 10.1 Å². The summed E-state index contributed by atoms with van der Waals surface area (Å²) in [5.41, 5.74) is -0.188. The summed E-state index contributed by atoms with van der Waals surface area (Å²) in [6.07, 6.45) is 0. The Labute approximate surface area is 116 Å². The van der Waals surface area contributed by atoms with Crippen molar-refractivity contribution in [3.05, 3.63) is 43.9 Å². The topological polar surface area (TPSA) is 98.0 Å². The molecule has 19 heavy (non-hydrogen) atoms. The van der Waals surface area contributed by atoms with Crippen molar-refractivity contribution in [2.75, 3.05) is 5.32 Å². The average molecular weight is 299 g/mol. The second-order valence-corrected chi connectivity index (χ2v) is 5.09. The summed E-state index contributed by atoms with van der Waals surface area (Å²) in [7, 11) is 0. The molecule has 7 nitrogen and oxygen atoms in total. The maximum absolute atomic E-state index is 11.9. The number of nitro groups is 1. The molecule has 0 saturated carbocycles. The van der Waals surface area contributed by atoms with Crippen molar-refractivity contribution < 1.29 is 9.72 Å². The lowest BCUT2D eigenvalue weighted by Gasteiger charge is -2.03. The van der Waals surface area contributed by atoms with Crippen LogP contribution in [0.15, 0.2) is 18.2 Å². The normalized spacial score (nSPS) is 10.2. The van der Waals surface area contributed by atoms with Gasteiger partial charge < -0.3 is 0 Å². The highest BCUT2D eigenvalue weighted by molar-refractivity contribution is 7.15. The maximum atomic E-state index is 11.9. The van der Waals surface area contributed by atoms with Gasteiger partial charge in [-0.15, -0.1) is 10.2 Å². The van der Waals surface area contributed by atoms with Gasteiger partial charge in [0.15, 0.2) is 0 Å². The standard InChI is InChI=1S/C10H7ClN4O3S/c1-5-13-14-10(19-5)12-9(16)7-4-6(15(17)18)2-3-8(7)11/h2-4H,1H3,(H,12,14,16). The van der Waals surface area contributed by atoms with E-state index in [4.69, 9.17) is 11.6 Å². The van der Waals surface area contributed by atoms with Crippen LogP contribution in [0.25, 0.3) is 0 Å². The third-order valence-electron chi connectivity index (χ3n) is 2.15. The second kappa shape index (κ2) is 5.29. The first-order valence-corrected chi connectivity index (χ1v) is 6.22. The zero-order valence-corrected chi connectivity index (χ0v) is 11.2. The van der Waals surface area contributed by atoms with Crippen molar-refractivity contribution in [2.45, 2.75) is 6.92 Å². The predicted octanol–water partition coefficient (Wildman–Crippen LogP) is 2.66. The van der Waals surface area contributed by atoms with Crippen molar-refractivity contribution in [1.29, 1.82) is 0 Å². The summed E-state index contributed by atoms with van der Waals surface area (Å²) in [5, 5.41) is 21.8. The number of non-ortho nitro benzene ring substituents is 1. The number of aryl methyl sites for hydroxylation is 1. The largest absolute Gasteiger partial charge is 0.296 e. The van der Waals surface area contributed by atoms with Crippen LogP contribution < -0.4 is 5.32 Å². The van der Waals surface area contributed by atoms with E-state index in [-0.39, 0.29) is 16.3 Å². The Morgan fingerprint density at radius 3 is 2.79 bits per heavy atom. The molecule has 1 aromatic carbocycles. The lowest BCUT2D eigenvalue weighted by molar-refractivity contribution is -0.384. The molecule has 0 radical (unpaired) electrons. The number of benzene rings is 1. The highest BCUT2D eigenvalue weighted by Gasteiger charge is 2.17. The van der Waals surface area contributed by atoms with Gasteiger partial charge in [-0.25, -0.2) is 0 Å². The molecule has 0 fully saturated rings. The molecular formula is C10H7ClN4O3S. The summed E-state index contributed by atoms with van der Waals surface area (Å²) < 4.78 is 0. The fourth-order valence-electron chi connectivity index (χ4n) is 1.31. The van der Waals surface area contributed by atoms with Crippen molar-refractivity contribution in [3.63, 3.8) is 0 Å². The number of anilines is 1. The van der Waals surface area contributed by atoms with Gasteiger partial charge in [0.1, 0.15) is 5.01 Å². The van der Waals surface area contributed by atoms with E-state index in [0.717, 1.165) is 6.07 Å². The van der Waals surface area contributed by atoms with Crippen molar-refractivity contribution >= 4 is 39.7 Å². The van der Waals surface area contributed by atoms with E-state index in [1.165, 1.54) is 23.5 Å². The molecule has 98 valence electrons. The fraction of sp³-hybridized carbons (Fsp3) is 0.100. The molecule has 2 aromatic rings. The molecule has 0 aliphatic carbocycles. The van der Waals surface area contributed by atoms with Gasteiger partial charge in [-0.3, -0.25) is 20.2 Å². The van der Waals surface area contributed by atoms with Crippen LogP contribution in [0.2, 0.25) is 5.02 Å². The Kier molecular flexibility index (Phi) is 3.72. The predicted molar refractivity (Wildman–Crippen MR) is 70.7 cm³/mol. The Hall–Kier alpha value is -2.06. The quantitative estimate of drug-likeness (QED) is 0.694. The first kappa shape index (κ1) is 13.4. The Balaban J connectivity index is 2.27. The lowest BCUT2D eigenvalue weighted by atomic mass is 10.2. The summed E-state index contributed by atoms with van der Waals surface area (Å²) >= 11 is 7.05. The zero-order chi connectivity index (χ0) is 14.0. The molecule has 0 atom stereocenters. The van der Waals surface area contributed by atoms with E-state index in [1.54, 1.807) is 6.92 Å². The third kappa shape index (κ3) is 3.04. The number of aromatic nitrogens is 2. The van der Waals surface area contributed by atoms with Gasteiger partial charge in [0.05, 0.1) is 15.5 Å². The molecule has 2 rings (SSSR count). The first-order chi connectivity index (χ1) is 8.97. The van der Waals surface area contributed by atoms with Crippen molar-refractivity contribution in [1.82, 2.24) is 10.2 Å². The number of nitrogens with one attached hydrogen (secondary N) is 1. The number of amides is 1. The molecule has 0 saturated heterocycles. The minimum Gasteiger partial charge on any atom is -0.296 e. The van der Waals surface area contributed by atoms with Gasteiger partial charge >= 0.3 is 0 Å². The van der Waals surface area contributed by atoms with Gasteiger partial charge in [0.2, 0.25) is 5.13 Å². The van der Waals surface area contributed by atoms with Crippen LogP contribution in [0.1, 0.15) is 15.4 Å². The molecule has 1 aromatic heterocycles. The van der Waals surface area contributed by atoms with Crippen LogP contribution in [0.4, 0.5) is 10.8 Å². The molecule has 0 aliphatic rings. The highest BCUT2D eigenvalue weighted by Crippen LogP contribution is 2.23. The van der Waals surface area contributed by atoms with Crippen LogP contribution in [-0.2, 0) is 0 Å². The third-order valence-corrected chi connectivity index (χ3v) is 3.24. The molecule has 0 aliphatic heterocycles. The van der Waals surface area contributed by atoms with Gasteiger partial charge in [0, 0.05) is 12.1 Å². The second-order valence-electron chi connectivity index (χ2n) is 3.50. The van der Waals surface area contributed by atoms with Crippen LogP contribution in [-0.4, -0.2) is 21.0 Å². The first-order valence-electron chi connectivity index (χ1n) is 5.03. The van der Waals surface area contributed by atoms with Gasteiger partial charge in [-0.1, -0.05) is 22.9 Å². The molecule has 0 unspecified atom stereocenters. The lowest BCUT2D eigenvalue weighted by Crippen LogP contribution is -2.12. The number of hydrogen-bond donors (Lipinski definition) is 1. The van der Waals surface area contributed by atoms with E-state index >= 15 is 0 Å². The number of hydrogen-bond acceptors (Lipinski definition) is 6. The number of carbonyl (C=O) groups excluding carboxylic acids is 1. The molecule has 0 bridgehead atoms. The van der Waals surface area contributed by atoms with Gasteiger partial charge in [0.25, 0.3) is 11.6 Å². The smallest absolute Gasteiger partial charge is 0.270 e. The average Bonchev–Trinajstić information content (AvgIpc) is 2.74. The summed E-state index contributed by atoms with van der Waals surface area (Å²) in [5.74, 6) is -0.565. The molecule has 9 heteroatoms. The minimum atomic E-state index is -0.595. The van der Waals surface area contributed by atoms with Crippen molar-refractivity contribution in [3.8, 4) is 0 Å². The summed E-state index contributed by atoms with van der Waals surface area (Å²) in [4.78, 5) is 22.0. The molecular weight excluding hydrogens is 292 g/mol. The monoisotopic (exact) mass is 298 g/mol. The van der Waals surface area contributed by atoms with E-state index in [2.05, 4.69) is 15.5 Å². The van der Waals surface area contributed by atoms with E-state index in [1.807, 2.05) is 0 Å². The Morgan fingerprint density at radius 2 is 2.21 bits per heavy atom. The van der Waals surface area contributed by atoms with Gasteiger partial charge in [-0.05, 0) is 13.0 Å². The highest BCUT2D eigenvalue weighted by atomic mass is 35.5. The van der Waals surface area contributed by atoms with Gasteiger partial charge in [-0.2, -0.15) is 0 Å². The minimum absolute atomic E-state index is 0.0173. The summed E-state index contributed by atoms with van der Waals surface area (Å²) in [6.45, 7) is 1.74. The van der Waals surface area contributed by atoms with Crippen LogP contribution in [0.5, 0.6) is 0 Å². The molecule has 1 N–H and O–H groups in total. The Bertz CT molecular complexity index is 658. The van der Waals surface area contributed by atoms with Crippen molar-refractivity contribution in [2.24, 2.45) is 0 Å². The maximum Gasteiger partial charge on any atom is 0.270 e. The zero-order valence-electron chi connectivity index (χ0n) is 9.58. The summed E-state index contributed by atoms with van der Waals surface area (Å²) in [6, 6.07) is 3.65. The number of nitrogens with zero attached hydrogens (tertiary/aromatic N) is 3. The molecule has 1 amide bonds. The Morgan fingerprint density at radius 1 is 1.47 bits per heavy atom. The van der Waals surface area contributed by atoms with E-state index in [9.17, 15) is 14.9 Å². The molecule has 1 heterocycles. The SMILES string of the molecule is Cc1nnc(NC(=O)c2cc([N+](=O)[O-])ccc2Cl)s1.